The number of anilines is 1. The Hall–Kier alpha value is -2.21. The lowest BCUT2D eigenvalue weighted by atomic mass is 10.3. The Morgan fingerprint density at radius 2 is 1.74 bits per heavy atom. The standard InChI is InChI=1S/C13H14N4OS/c1-9-8-10(2)15-12(14-9)16-17-13(19)18-11-6-4-3-5-7-11/h3-8H,1-2H3,(H,17,19)(H,14,15,16). The van der Waals surface area contributed by atoms with Crippen molar-refractivity contribution in [2.45, 2.75) is 13.8 Å². The average molecular weight is 274 g/mol. The van der Waals surface area contributed by atoms with Gasteiger partial charge in [0.05, 0.1) is 0 Å². The van der Waals surface area contributed by atoms with Crippen molar-refractivity contribution in [2.75, 3.05) is 5.43 Å². The molecule has 0 aliphatic carbocycles. The Bertz CT molecular complexity index is 554. The van der Waals surface area contributed by atoms with Crippen molar-refractivity contribution in [2.24, 2.45) is 0 Å². The number of nitrogens with one attached hydrogen (secondary N) is 2. The van der Waals surface area contributed by atoms with E-state index in [4.69, 9.17) is 17.0 Å². The molecule has 2 aromatic rings. The number of thiocarbonyl (C=S) groups is 1. The zero-order chi connectivity index (χ0) is 13.7. The average Bonchev–Trinajstić information content (AvgIpc) is 2.36. The number of benzene rings is 1. The highest BCUT2D eigenvalue weighted by molar-refractivity contribution is 7.80. The summed E-state index contributed by atoms with van der Waals surface area (Å²) in [6, 6.07) is 11.2. The predicted octanol–water partition coefficient (Wildman–Crippen LogP) is 2.37. The van der Waals surface area contributed by atoms with Crippen molar-refractivity contribution >= 4 is 23.3 Å². The molecule has 0 bridgehead atoms. The Morgan fingerprint density at radius 1 is 1.11 bits per heavy atom. The van der Waals surface area contributed by atoms with Gasteiger partial charge in [0, 0.05) is 11.4 Å². The quantitative estimate of drug-likeness (QED) is 0.662. The van der Waals surface area contributed by atoms with Crippen molar-refractivity contribution in [3.63, 3.8) is 0 Å². The van der Waals surface area contributed by atoms with E-state index in [1.165, 1.54) is 0 Å². The maximum Gasteiger partial charge on any atom is 0.281 e. The molecule has 2 rings (SSSR count). The lowest BCUT2D eigenvalue weighted by molar-refractivity contribution is 0.540. The van der Waals surface area contributed by atoms with E-state index in [9.17, 15) is 0 Å². The lowest BCUT2D eigenvalue weighted by Gasteiger charge is -2.10. The van der Waals surface area contributed by atoms with Crippen LogP contribution in [0.5, 0.6) is 5.75 Å². The van der Waals surface area contributed by atoms with Crippen LogP contribution < -0.4 is 15.6 Å². The van der Waals surface area contributed by atoms with Gasteiger partial charge < -0.3 is 4.74 Å². The van der Waals surface area contributed by atoms with Gasteiger partial charge in [0.25, 0.3) is 5.17 Å². The number of hydrogen-bond acceptors (Lipinski definition) is 5. The van der Waals surface area contributed by atoms with Crippen molar-refractivity contribution in [1.29, 1.82) is 0 Å². The molecule has 98 valence electrons. The van der Waals surface area contributed by atoms with Gasteiger partial charge in [-0.2, -0.15) is 0 Å². The van der Waals surface area contributed by atoms with Gasteiger partial charge in [-0.25, -0.2) is 9.97 Å². The van der Waals surface area contributed by atoms with Crippen molar-refractivity contribution in [1.82, 2.24) is 15.4 Å². The van der Waals surface area contributed by atoms with Crippen LogP contribution in [0.3, 0.4) is 0 Å². The van der Waals surface area contributed by atoms with Gasteiger partial charge in [-0.1, -0.05) is 18.2 Å². The third-order valence-electron chi connectivity index (χ3n) is 2.21. The molecule has 1 aromatic heterocycles. The molecule has 0 saturated carbocycles. The van der Waals surface area contributed by atoms with Crippen LogP contribution in [-0.4, -0.2) is 15.1 Å². The van der Waals surface area contributed by atoms with Crippen LogP contribution in [-0.2, 0) is 0 Å². The first-order valence-corrected chi connectivity index (χ1v) is 6.15. The number of nitrogens with zero attached hydrogens (tertiary/aromatic N) is 2. The van der Waals surface area contributed by atoms with Gasteiger partial charge >= 0.3 is 0 Å². The molecule has 0 unspecified atom stereocenters. The largest absolute Gasteiger partial charge is 0.431 e. The SMILES string of the molecule is Cc1cc(C)nc(NNC(=S)Oc2ccccc2)n1. The molecule has 0 aliphatic rings. The summed E-state index contributed by atoms with van der Waals surface area (Å²) in [5, 5.41) is 0.203. The highest BCUT2D eigenvalue weighted by Crippen LogP contribution is 2.08. The maximum atomic E-state index is 5.40. The van der Waals surface area contributed by atoms with Gasteiger partial charge in [0.15, 0.2) is 0 Å². The predicted molar refractivity (Wildman–Crippen MR) is 77.9 cm³/mol. The summed E-state index contributed by atoms with van der Waals surface area (Å²) in [7, 11) is 0. The molecule has 0 radical (unpaired) electrons. The van der Waals surface area contributed by atoms with Crippen LogP contribution in [0.2, 0.25) is 0 Å². The van der Waals surface area contributed by atoms with Crippen molar-refractivity contribution in [3.8, 4) is 5.75 Å². The molecule has 1 aromatic carbocycles. The number of hydrazine groups is 1. The summed E-state index contributed by atoms with van der Waals surface area (Å²) in [6.45, 7) is 3.80. The molecule has 0 spiro atoms. The van der Waals surface area contributed by atoms with Crippen LogP contribution in [0.25, 0.3) is 0 Å². The van der Waals surface area contributed by atoms with Gasteiger partial charge in [-0.3, -0.25) is 10.9 Å². The number of aromatic nitrogens is 2. The first kappa shape index (κ1) is 13.2. The third kappa shape index (κ3) is 4.18. The van der Waals surface area contributed by atoms with E-state index in [1.54, 1.807) is 0 Å². The fourth-order valence-electron chi connectivity index (χ4n) is 1.51. The first-order valence-electron chi connectivity index (χ1n) is 5.74. The molecule has 5 nitrogen and oxygen atoms in total. The smallest absolute Gasteiger partial charge is 0.281 e. The van der Waals surface area contributed by atoms with Gasteiger partial charge in [0.2, 0.25) is 5.95 Å². The molecule has 2 N–H and O–H groups in total. The Morgan fingerprint density at radius 3 is 2.37 bits per heavy atom. The number of hydrogen-bond donors (Lipinski definition) is 2. The minimum atomic E-state index is 0.203. The lowest BCUT2D eigenvalue weighted by Crippen LogP contribution is -2.32. The molecular weight excluding hydrogens is 260 g/mol. The van der Waals surface area contributed by atoms with E-state index in [1.807, 2.05) is 50.2 Å². The zero-order valence-corrected chi connectivity index (χ0v) is 11.5. The van der Waals surface area contributed by atoms with Gasteiger partial charge in [-0.15, -0.1) is 0 Å². The Labute approximate surface area is 117 Å². The fourth-order valence-corrected chi connectivity index (χ4v) is 1.66. The molecule has 6 heteroatoms. The zero-order valence-electron chi connectivity index (χ0n) is 10.7. The Balaban J connectivity index is 1.90. The van der Waals surface area contributed by atoms with E-state index in [2.05, 4.69) is 20.8 Å². The van der Waals surface area contributed by atoms with Crippen LogP contribution in [0, 0.1) is 13.8 Å². The summed E-state index contributed by atoms with van der Waals surface area (Å²) < 4.78 is 5.40. The summed E-state index contributed by atoms with van der Waals surface area (Å²) in [5.41, 5.74) is 7.31. The maximum absolute atomic E-state index is 5.40. The molecule has 1 heterocycles. The Kier molecular flexibility index (Phi) is 4.25. The molecule has 0 aliphatic heterocycles. The van der Waals surface area contributed by atoms with Crippen LogP contribution in [0.1, 0.15) is 11.4 Å². The number of aryl methyl sites for hydroxylation is 2. The second kappa shape index (κ2) is 6.10. The fraction of sp³-hybridized carbons (Fsp3) is 0.154. The third-order valence-corrected chi connectivity index (χ3v) is 2.40. The first-order chi connectivity index (χ1) is 9.13. The summed E-state index contributed by atoms with van der Waals surface area (Å²) >= 11 is 5.05. The van der Waals surface area contributed by atoms with Crippen LogP contribution >= 0.6 is 12.2 Å². The van der Waals surface area contributed by atoms with E-state index < -0.39 is 0 Å². The molecule has 0 saturated heterocycles. The number of ether oxygens (including phenoxy) is 1. The number of rotatable bonds is 3. The normalized spacial score (nSPS) is 9.79. The molecule has 0 atom stereocenters. The second-order valence-corrected chi connectivity index (χ2v) is 4.30. The van der Waals surface area contributed by atoms with Crippen LogP contribution in [0.4, 0.5) is 5.95 Å². The summed E-state index contributed by atoms with van der Waals surface area (Å²) in [5.74, 6) is 1.12. The van der Waals surface area contributed by atoms with Gasteiger partial charge in [-0.05, 0) is 44.3 Å². The second-order valence-electron chi connectivity index (χ2n) is 3.93. The highest BCUT2D eigenvalue weighted by Gasteiger charge is 2.01. The van der Waals surface area contributed by atoms with Gasteiger partial charge in [0.1, 0.15) is 5.75 Å². The topological polar surface area (TPSA) is 59.1 Å². The van der Waals surface area contributed by atoms with E-state index in [-0.39, 0.29) is 5.17 Å². The monoisotopic (exact) mass is 274 g/mol. The van der Waals surface area contributed by atoms with Crippen molar-refractivity contribution in [3.05, 3.63) is 47.8 Å². The minimum absolute atomic E-state index is 0.203. The molecular formula is C13H14N4OS. The summed E-state index contributed by atoms with van der Waals surface area (Å²) in [4.78, 5) is 8.43. The molecule has 0 amide bonds. The van der Waals surface area contributed by atoms with Crippen LogP contribution in [0.15, 0.2) is 36.4 Å². The number of para-hydroxylation sites is 1. The molecule has 19 heavy (non-hydrogen) atoms. The van der Waals surface area contributed by atoms with E-state index >= 15 is 0 Å². The summed E-state index contributed by atoms with van der Waals surface area (Å²) in [6.07, 6.45) is 0. The van der Waals surface area contributed by atoms with E-state index in [0.29, 0.717) is 11.7 Å². The molecule has 0 fully saturated rings. The highest BCUT2D eigenvalue weighted by atomic mass is 32.1. The van der Waals surface area contributed by atoms with E-state index in [0.717, 1.165) is 11.4 Å². The minimum Gasteiger partial charge on any atom is -0.431 e. The van der Waals surface area contributed by atoms with Crippen molar-refractivity contribution < 1.29 is 4.74 Å².